The van der Waals surface area contributed by atoms with Crippen molar-refractivity contribution in [2.45, 2.75) is 0 Å². The van der Waals surface area contributed by atoms with Gasteiger partial charge in [-0.05, 0) is 54.6 Å². The number of para-hydroxylation sites is 3. The number of nitrogens with zero attached hydrogens (tertiary/aromatic N) is 6. The molecule has 0 unspecified atom stereocenters. The summed E-state index contributed by atoms with van der Waals surface area (Å²) < 4.78 is 6.33. The van der Waals surface area contributed by atoms with Crippen LogP contribution in [0.3, 0.4) is 0 Å². The number of pyridine rings is 1. The largest absolute Gasteiger partial charge is 0.327 e. The van der Waals surface area contributed by atoms with Gasteiger partial charge in [0.1, 0.15) is 5.82 Å². The van der Waals surface area contributed by atoms with E-state index in [9.17, 15) is 0 Å². The van der Waals surface area contributed by atoms with Crippen LogP contribution in [0, 0.1) is 0 Å². The zero-order valence-corrected chi connectivity index (χ0v) is 21.8. The molecule has 0 saturated heterocycles. The van der Waals surface area contributed by atoms with Crippen LogP contribution >= 0.6 is 0 Å². The van der Waals surface area contributed by atoms with Crippen molar-refractivity contribution in [3.8, 4) is 34.0 Å². The number of imidazole rings is 1. The van der Waals surface area contributed by atoms with E-state index in [1.807, 2.05) is 41.3 Å². The van der Waals surface area contributed by atoms with E-state index in [0.29, 0.717) is 0 Å². The maximum atomic E-state index is 4.96. The normalized spacial score (nSPS) is 11.6. The molecule has 0 radical (unpaired) electrons. The Balaban J connectivity index is 1.30. The van der Waals surface area contributed by atoms with E-state index in [0.717, 1.165) is 50.6 Å². The smallest absolute Gasteiger partial charge is 0.140 e. The lowest BCUT2D eigenvalue weighted by Crippen LogP contribution is -1.97. The van der Waals surface area contributed by atoms with Crippen LogP contribution < -0.4 is 0 Å². The molecule has 0 N–H and O–H groups in total. The Kier molecular flexibility index (Phi) is 4.94. The fourth-order valence-electron chi connectivity index (χ4n) is 5.71. The monoisotopic (exact) mass is 516 g/mol. The van der Waals surface area contributed by atoms with E-state index in [1.165, 1.54) is 16.3 Å². The summed E-state index contributed by atoms with van der Waals surface area (Å²) >= 11 is 0. The molecular formula is C34H24N6. The van der Waals surface area contributed by atoms with Crippen LogP contribution in [0.2, 0.25) is 0 Å². The molecule has 0 aliphatic rings. The molecule has 6 nitrogen and oxygen atoms in total. The molecule has 0 saturated carbocycles. The average Bonchev–Trinajstić information content (AvgIpc) is 3.74. The molecule has 4 heterocycles. The first-order chi connectivity index (χ1) is 19.7. The quantitative estimate of drug-likeness (QED) is 0.242. The molecule has 0 aliphatic heterocycles. The van der Waals surface area contributed by atoms with E-state index in [2.05, 4.69) is 106 Å². The second-order valence-electron chi connectivity index (χ2n) is 9.97. The summed E-state index contributed by atoms with van der Waals surface area (Å²) in [5.74, 6) is 0.954. The zero-order valence-electron chi connectivity index (χ0n) is 21.8. The van der Waals surface area contributed by atoms with Gasteiger partial charge in [-0.1, -0.05) is 54.6 Å². The fraction of sp³-hybridized carbons (Fsp3) is 0.0294. The van der Waals surface area contributed by atoms with Crippen molar-refractivity contribution in [3.63, 3.8) is 0 Å². The summed E-state index contributed by atoms with van der Waals surface area (Å²) in [6.07, 6.45) is 5.55. The molecule has 0 bridgehead atoms. The Morgan fingerprint density at radius 1 is 0.625 bits per heavy atom. The van der Waals surface area contributed by atoms with Crippen LogP contribution in [0.15, 0.2) is 128 Å². The Hall–Kier alpha value is -5.49. The molecule has 0 aliphatic carbocycles. The minimum absolute atomic E-state index is 0.916. The van der Waals surface area contributed by atoms with Crippen molar-refractivity contribution in [1.82, 2.24) is 28.9 Å². The first-order valence-corrected chi connectivity index (χ1v) is 13.3. The molecule has 0 fully saturated rings. The van der Waals surface area contributed by atoms with E-state index >= 15 is 0 Å². The van der Waals surface area contributed by atoms with Gasteiger partial charge in [0.2, 0.25) is 0 Å². The Labute approximate surface area is 230 Å². The SMILES string of the molecule is Cn1c(-c2ccc3c4ccccc4n(-c4cccc(-c5ccc(-n6cccn6)cn5)c4)c3c2)nc2ccccc21. The van der Waals surface area contributed by atoms with Gasteiger partial charge >= 0.3 is 0 Å². The summed E-state index contributed by atoms with van der Waals surface area (Å²) in [5.41, 5.74) is 9.51. The number of aryl methyl sites for hydroxylation is 1. The summed E-state index contributed by atoms with van der Waals surface area (Å²) in [6.45, 7) is 0. The molecule has 0 atom stereocenters. The highest BCUT2D eigenvalue weighted by atomic mass is 15.3. The van der Waals surface area contributed by atoms with Gasteiger partial charge in [0.15, 0.2) is 0 Å². The Morgan fingerprint density at radius 3 is 2.30 bits per heavy atom. The summed E-state index contributed by atoms with van der Waals surface area (Å²) in [6, 6.07) is 38.1. The lowest BCUT2D eigenvalue weighted by molar-refractivity contribution is 0.874. The summed E-state index contributed by atoms with van der Waals surface area (Å²) in [7, 11) is 2.08. The highest BCUT2D eigenvalue weighted by Gasteiger charge is 2.16. The van der Waals surface area contributed by atoms with Crippen LogP contribution in [0.25, 0.3) is 66.9 Å². The summed E-state index contributed by atoms with van der Waals surface area (Å²) in [4.78, 5) is 9.72. The fourth-order valence-corrected chi connectivity index (χ4v) is 5.71. The summed E-state index contributed by atoms with van der Waals surface area (Å²) in [5, 5.41) is 6.75. The van der Waals surface area contributed by atoms with Crippen molar-refractivity contribution in [3.05, 3.63) is 128 Å². The predicted octanol–water partition coefficient (Wildman–Crippen LogP) is 7.59. The second kappa shape index (κ2) is 8.78. The maximum absolute atomic E-state index is 4.96. The third kappa shape index (κ3) is 3.47. The van der Waals surface area contributed by atoms with Crippen molar-refractivity contribution in [1.29, 1.82) is 0 Å². The minimum atomic E-state index is 0.916. The predicted molar refractivity (Wildman–Crippen MR) is 161 cm³/mol. The molecule has 40 heavy (non-hydrogen) atoms. The first-order valence-electron chi connectivity index (χ1n) is 13.3. The van der Waals surface area contributed by atoms with Crippen molar-refractivity contribution < 1.29 is 0 Å². The number of hydrogen-bond donors (Lipinski definition) is 0. The standard InChI is InChI=1S/C34H24N6/c1-38-32-13-5-3-11-30(32)37-34(38)24-14-16-28-27-10-2-4-12-31(27)40(33(28)21-24)25-9-6-8-23(20-25)29-17-15-26(22-35-29)39-19-7-18-36-39/h2-22H,1H3. The zero-order chi connectivity index (χ0) is 26.6. The van der Waals surface area contributed by atoms with E-state index in [-0.39, 0.29) is 0 Å². The maximum Gasteiger partial charge on any atom is 0.140 e. The number of fused-ring (bicyclic) bond motifs is 4. The Morgan fingerprint density at radius 2 is 1.48 bits per heavy atom. The third-order valence-electron chi connectivity index (χ3n) is 7.64. The topological polar surface area (TPSA) is 53.5 Å². The molecule has 190 valence electrons. The third-order valence-corrected chi connectivity index (χ3v) is 7.64. The lowest BCUT2D eigenvalue weighted by Gasteiger charge is -2.11. The number of aromatic nitrogens is 6. The molecule has 0 amide bonds. The molecule has 4 aromatic carbocycles. The molecule has 8 rings (SSSR count). The highest BCUT2D eigenvalue weighted by Crippen LogP contribution is 2.36. The lowest BCUT2D eigenvalue weighted by atomic mass is 10.1. The van der Waals surface area contributed by atoms with E-state index in [1.54, 1.807) is 6.20 Å². The van der Waals surface area contributed by atoms with Gasteiger partial charge in [0.05, 0.1) is 39.6 Å². The molecule has 0 spiro atoms. The van der Waals surface area contributed by atoms with Crippen molar-refractivity contribution in [2.24, 2.45) is 7.05 Å². The molecule has 8 aromatic rings. The first kappa shape index (κ1) is 22.5. The van der Waals surface area contributed by atoms with Crippen LogP contribution in [-0.2, 0) is 7.05 Å². The van der Waals surface area contributed by atoms with Gasteiger partial charge in [-0.15, -0.1) is 0 Å². The molecule has 4 aromatic heterocycles. The van der Waals surface area contributed by atoms with Crippen LogP contribution in [0.1, 0.15) is 0 Å². The van der Waals surface area contributed by atoms with Crippen molar-refractivity contribution >= 4 is 32.8 Å². The van der Waals surface area contributed by atoms with E-state index < -0.39 is 0 Å². The minimum Gasteiger partial charge on any atom is -0.327 e. The van der Waals surface area contributed by atoms with Gasteiger partial charge in [-0.2, -0.15) is 5.10 Å². The van der Waals surface area contributed by atoms with Crippen LogP contribution in [0.5, 0.6) is 0 Å². The Bertz CT molecular complexity index is 2170. The number of hydrogen-bond acceptors (Lipinski definition) is 3. The second-order valence-corrected chi connectivity index (χ2v) is 9.97. The van der Waals surface area contributed by atoms with Crippen LogP contribution in [-0.4, -0.2) is 28.9 Å². The van der Waals surface area contributed by atoms with Gasteiger partial charge in [0.25, 0.3) is 0 Å². The number of benzene rings is 4. The van der Waals surface area contributed by atoms with Crippen LogP contribution in [0.4, 0.5) is 0 Å². The average molecular weight is 517 g/mol. The molecular weight excluding hydrogens is 492 g/mol. The molecule has 6 heteroatoms. The highest BCUT2D eigenvalue weighted by molar-refractivity contribution is 6.10. The van der Waals surface area contributed by atoms with Gasteiger partial charge in [-0.3, -0.25) is 4.98 Å². The number of rotatable bonds is 4. The van der Waals surface area contributed by atoms with E-state index in [4.69, 9.17) is 9.97 Å². The van der Waals surface area contributed by atoms with Gasteiger partial charge in [0, 0.05) is 47.0 Å². The van der Waals surface area contributed by atoms with Gasteiger partial charge in [-0.25, -0.2) is 9.67 Å². The van der Waals surface area contributed by atoms with Gasteiger partial charge < -0.3 is 9.13 Å². The van der Waals surface area contributed by atoms with Crippen molar-refractivity contribution in [2.75, 3.05) is 0 Å².